The lowest BCUT2D eigenvalue weighted by molar-refractivity contribution is -0.118. The van der Waals surface area contributed by atoms with Crippen LogP contribution in [0, 0.1) is 28.4 Å². The van der Waals surface area contributed by atoms with Crippen molar-refractivity contribution in [1.29, 1.82) is 5.26 Å². The highest BCUT2D eigenvalue weighted by molar-refractivity contribution is 6.31. The number of primary amides is 1. The quantitative estimate of drug-likeness (QED) is 0.287. The minimum Gasteiger partial charge on any atom is -0.496 e. The van der Waals surface area contributed by atoms with E-state index in [1.54, 1.807) is 0 Å². The Labute approximate surface area is 252 Å². The van der Waals surface area contributed by atoms with Crippen LogP contribution in [0.2, 0.25) is 10.0 Å². The van der Waals surface area contributed by atoms with Crippen LogP contribution in [0.1, 0.15) is 54.6 Å². The van der Waals surface area contributed by atoms with Crippen LogP contribution in [0.4, 0.5) is 14.5 Å². The molecule has 1 aliphatic rings. The fraction of sp³-hybridized carbons (Fsp3) is 0.323. The van der Waals surface area contributed by atoms with Gasteiger partial charge in [0.2, 0.25) is 5.91 Å². The van der Waals surface area contributed by atoms with E-state index >= 15 is 8.78 Å². The number of nitriles is 1. The molecule has 0 radical (unpaired) electrons. The highest BCUT2D eigenvalue weighted by Crippen LogP contribution is 2.53. The molecule has 0 spiro atoms. The maximum Gasteiger partial charge on any atom is 0.252 e. The number of nitrogens with zero attached hydrogens (tertiary/aromatic N) is 1. The smallest absolute Gasteiger partial charge is 0.252 e. The van der Waals surface area contributed by atoms with Gasteiger partial charge in [0.25, 0.3) is 5.91 Å². The van der Waals surface area contributed by atoms with Crippen molar-refractivity contribution in [3.63, 3.8) is 0 Å². The maximum atomic E-state index is 15.8. The molecule has 1 saturated heterocycles. The van der Waals surface area contributed by atoms with Crippen LogP contribution in [0.25, 0.3) is 0 Å². The molecule has 0 bridgehead atoms. The van der Waals surface area contributed by atoms with Crippen molar-refractivity contribution in [2.24, 2.45) is 11.1 Å². The van der Waals surface area contributed by atoms with Crippen molar-refractivity contribution in [2.75, 3.05) is 12.4 Å². The Bertz CT molecular complexity index is 1590. The van der Waals surface area contributed by atoms with Gasteiger partial charge >= 0.3 is 0 Å². The monoisotopic (exact) mass is 614 g/mol. The fourth-order valence-electron chi connectivity index (χ4n) is 5.75. The van der Waals surface area contributed by atoms with Gasteiger partial charge in [-0.15, -0.1) is 0 Å². The Morgan fingerprint density at radius 1 is 1.14 bits per heavy atom. The molecule has 0 aromatic heterocycles. The number of nitrogens with two attached hydrogens (primary N) is 1. The molecule has 1 aliphatic heterocycles. The highest BCUT2D eigenvalue weighted by Gasteiger charge is 2.61. The molecule has 4 N–H and O–H groups in total. The predicted molar refractivity (Wildman–Crippen MR) is 158 cm³/mol. The van der Waals surface area contributed by atoms with Crippen molar-refractivity contribution in [3.8, 4) is 11.8 Å². The molecule has 0 saturated carbocycles. The number of hydrogen-bond acceptors (Lipinski definition) is 5. The Balaban J connectivity index is 1.93. The summed E-state index contributed by atoms with van der Waals surface area (Å²) in [5.74, 6) is -4.01. The Morgan fingerprint density at radius 2 is 1.86 bits per heavy atom. The lowest BCUT2D eigenvalue weighted by atomic mass is 9.62. The molecule has 0 unspecified atom stereocenters. The van der Waals surface area contributed by atoms with Crippen LogP contribution >= 0.6 is 23.2 Å². The second-order valence-corrected chi connectivity index (χ2v) is 12.3. The van der Waals surface area contributed by atoms with Gasteiger partial charge in [-0.2, -0.15) is 5.26 Å². The SMILES string of the molecule is COc1cc(NC(=O)[C@@H]2N[C@@H](CC(C)(C)C)[C@](C#N)(c3ccc(Cl)cc3F)[C@H]2c2cccc(Cl)c2F)ccc1C(N)=O. The summed E-state index contributed by atoms with van der Waals surface area (Å²) in [7, 11) is 1.35. The molecule has 42 heavy (non-hydrogen) atoms. The first-order valence-corrected chi connectivity index (χ1v) is 13.8. The first kappa shape index (κ1) is 31.2. The van der Waals surface area contributed by atoms with E-state index in [9.17, 15) is 14.9 Å². The summed E-state index contributed by atoms with van der Waals surface area (Å²) >= 11 is 12.2. The first-order chi connectivity index (χ1) is 19.7. The summed E-state index contributed by atoms with van der Waals surface area (Å²) in [5, 5.41) is 16.9. The summed E-state index contributed by atoms with van der Waals surface area (Å²) in [6.45, 7) is 5.85. The Hall–Kier alpha value is -3.71. The summed E-state index contributed by atoms with van der Waals surface area (Å²) in [4.78, 5) is 25.8. The molecular formula is C31H30Cl2F2N4O3. The van der Waals surface area contributed by atoms with E-state index in [0.717, 1.165) is 6.07 Å². The number of carbonyl (C=O) groups is 2. The van der Waals surface area contributed by atoms with E-state index in [-0.39, 0.29) is 43.6 Å². The molecular weight excluding hydrogens is 585 g/mol. The van der Waals surface area contributed by atoms with Crippen molar-refractivity contribution in [1.82, 2.24) is 5.32 Å². The standard InChI is InChI=1S/C31H30Cl2F2N4O3/c1-30(2,3)14-24-31(15-36,20-11-8-16(32)12-22(20)34)25(19-6-5-7-21(33)26(19)35)27(39-24)29(41)38-17-9-10-18(28(37)40)23(13-17)42-4/h5-13,24-25,27,39H,14H2,1-4H3,(H2,37,40)(H,38,41)/t24-,25-,27+,31-/m0/s1. The van der Waals surface area contributed by atoms with E-state index in [1.807, 2.05) is 20.8 Å². The normalized spacial score (nSPS) is 21.9. The van der Waals surface area contributed by atoms with E-state index in [1.165, 1.54) is 55.6 Å². The Morgan fingerprint density at radius 3 is 2.45 bits per heavy atom. The zero-order valence-electron chi connectivity index (χ0n) is 23.4. The maximum absolute atomic E-state index is 15.8. The zero-order chi connectivity index (χ0) is 31.0. The summed E-state index contributed by atoms with van der Waals surface area (Å²) in [6.07, 6.45) is 0.326. The number of anilines is 1. The third-order valence-corrected chi connectivity index (χ3v) is 7.99. The summed E-state index contributed by atoms with van der Waals surface area (Å²) < 4.78 is 36.8. The van der Waals surface area contributed by atoms with Gasteiger partial charge < -0.3 is 21.1 Å². The summed E-state index contributed by atoms with van der Waals surface area (Å²) in [5.41, 5.74) is 3.58. The molecule has 3 aromatic rings. The number of methoxy groups -OCH3 is 1. The average molecular weight is 616 g/mol. The fourth-order valence-corrected chi connectivity index (χ4v) is 6.09. The van der Waals surface area contributed by atoms with E-state index < -0.39 is 46.9 Å². The van der Waals surface area contributed by atoms with Crippen LogP contribution in [0.5, 0.6) is 5.75 Å². The lowest BCUT2D eigenvalue weighted by Crippen LogP contribution is -2.45. The van der Waals surface area contributed by atoms with E-state index in [2.05, 4.69) is 16.7 Å². The highest BCUT2D eigenvalue weighted by atomic mass is 35.5. The number of hydrogen-bond donors (Lipinski definition) is 3. The molecule has 0 aliphatic carbocycles. The molecule has 11 heteroatoms. The van der Waals surface area contributed by atoms with Crippen molar-refractivity contribution in [3.05, 3.63) is 93.0 Å². The zero-order valence-corrected chi connectivity index (χ0v) is 24.9. The summed E-state index contributed by atoms with van der Waals surface area (Å²) in [6, 6.07) is 12.8. The largest absolute Gasteiger partial charge is 0.496 e. The van der Waals surface area contributed by atoms with Gasteiger partial charge in [0.15, 0.2) is 0 Å². The van der Waals surface area contributed by atoms with Gasteiger partial charge in [-0.3, -0.25) is 9.59 Å². The van der Waals surface area contributed by atoms with Crippen LogP contribution in [0.15, 0.2) is 54.6 Å². The van der Waals surface area contributed by atoms with E-state index in [4.69, 9.17) is 33.7 Å². The molecule has 4 rings (SSSR count). The number of benzene rings is 3. The molecule has 1 fully saturated rings. The number of nitrogens with one attached hydrogen (secondary N) is 2. The number of halogens is 4. The topological polar surface area (TPSA) is 117 Å². The van der Waals surface area contributed by atoms with Crippen LogP contribution in [-0.2, 0) is 10.2 Å². The second-order valence-electron chi connectivity index (χ2n) is 11.5. The average Bonchev–Trinajstić information content (AvgIpc) is 3.23. The van der Waals surface area contributed by atoms with Gasteiger partial charge in [0, 0.05) is 34.3 Å². The number of ether oxygens (including phenoxy) is 1. The number of carbonyl (C=O) groups excluding carboxylic acids is 2. The minimum absolute atomic E-state index is 0.0240. The van der Waals surface area contributed by atoms with Gasteiger partial charge in [0.05, 0.1) is 29.8 Å². The van der Waals surface area contributed by atoms with Crippen molar-refractivity contribution >= 4 is 40.7 Å². The molecule has 1 heterocycles. The van der Waals surface area contributed by atoms with Gasteiger partial charge in [-0.05, 0) is 47.7 Å². The third-order valence-electron chi connectivity index (χ3n) is 7.47. The lowest BCUT2D eigenvalue weighted by Gasteiger charge is -2.37. The van der Waals surface area contributed by atoms with E-state index in [0.29, 0.717) is 6.42 Å². The second kappa shape index (κ2) is 11.9. The van der Waals surface area contributed by atoms with Gasteiger partial charge in [-0.1, -0.05) is 62.2 Å². The third kappa shape index (κ3) is 5.80. The van der Waals surface area contributed by atoms with Crippen molar-refractivity contribution in [2.45, 2.75) is 50.6 Å². The van der Waals surface area contributed by atoms with Crippen LogP contribution in [-0.4, -0.2) is 31.0 Å². The minimum atomic E-state index is -1.76. The molecule has 2 amide bonds. The van der Waals surface area contributed by atoms with Gasteiger partial charge in [-0.25, -0.2) is 8.78 Å². The van der Waals surface area contributed by atoms with Crippen LogP contribution < -0.4 is 21.1 Å². The number of rotatable bonds is 7. The molecule has 3 aromatic carbocycles. The van der Waals surface area contributed by atoms with Gasteiger partial charge in [0.1, 0.15) is 22.8 Å². The molecule has 4 atom stereocenters. The number of amides is 2. The molecule has 220 valence electrons. The predicted octanol–water partition coefficient (Wildman–Crippen LogP) is 6.34. The Kier molecular flexibility index (Phi) is 8.84. The van der Waals surface area contributed by atoms with Crippen molar-refractivity contribution < 1.29 is 23.1 Å². The van der Waals surface area contributed by atoms with Crippen LogP contribution in [0.3, 0.4) is 0 Å². The first-order valence-electron chi connectivity index (χ1n) is 13.1. The molecule has 7 nitrogen and oxygen atoms in total.